The molecule has 2 rings (SSSR count). The molecular weight excluding hydrogens is 344 g/mol. The van der Waals surface area contributed by atoms with Gasteiger partial charge in [-0.3, -0.25) is 9.59 Å². The van der Waals surface area contributed by atoms with Gasteiger partial charge in [0.15, 0.2) is 0 Å². The van der Waals surface area contributed by atoms with Crippen LogP contribution < -0.4 is 10.6 Å². The van der Waals surface area contributed by atoms with Crippen molar-refractivity contribution in [3.8, 4) is 0 Å². The van der Waals surface area contributed by atoms with Crippen LogP contribution >= 0.6 is 11.6 Å². The van der Waals surface area contributed by atoms with E-state index in [-0.39, 0.29) is 27.8 Å². The van der Waals surface area contributed by atoms with Crippen molar-refractivity contribution >= 4 is 35.1 Å². The zero-order valence-corrected chi connectivity index (χ0v) is 15.3. The highest BCUT2D eigenvalue weighted by Gasteiger charge is 2.37. The van der Waals surface area contributed by atoms with Gasteiger partial charge in [-0.05, 0) is 42.4 Å². The third-order valence-electron chi connectivity index (χ3n) is 3.83. The van der Waals surface area contributed by atoms with Gasteiger partial charge in [-0.1, -0.05) is 32.4 Å². The number of carboxylic acids is 1. The molecule has 2 amide bonds. The Kier molecular flexibility index (Phi) is 5.72. The first-order valence-electron chi connectivity index (χ1n) is 8.20. The topological polar surface area (TPSA) is 95.5 Å². The molecule has 7 heteroatoms. The lowest BCUT2D eigenvalue weighted by molar-refractivity contribution is -0.139. The van der Waals surface area contributed by atoms with Gasteiger partial charge in [0, 0.05) is 12.1 Å². The lowest BCUT2D eigenvalue weighted by Crippen LogP contribution is -2.42. The van der Waals surface area contributed by atoms with Crippen LogP contribution in [0, 0.1) is 11.3 Å². The second kappa shape index (κ2) is 7.44. The molecule has 1 unspecified atom stereocenters. The molecule has 0 saturated heterocycles. The van der Waals surface area contributed by atoms with Gasteiger partial charge in [0.2, 0.25) is 5.91 Å². The molecule has 1 saturated carbocycles. The van der Waals surface area contributed by atoms with Gasteiger partial charge in [-0.15, -0.1) is 0 Å². The molecule has 0 spiro atoms. The van der Waals surface area contributed by atoms with Crippen molar-refractivity contribution < 1.29 is 19.5 Å². The Hall–Kier alpha value is -2.08. The van der Waals surface area contributed by atoms with Gasteiger partial charge in [0.05, 0.1) is 10.6 Å². The highest BCUT2D eigenvalue weighted by molar-refractivity contribution is 6.34. The summed E-state index contributed by atoms with van der Waals surface area (Å²) < 4.78 is 0. The number of benzene rings is 1. The first kappa shape index (κ1) is 19.2. The number of halogens is 1. The lowest BCUT2D eigenvalue weighted by Gasteiger charge is -2.18. The van der Waals surface area contributed by atoms with E-state index in [1.54, 1.807) is 6.07 Å². The molecule has 25 heavy (non-hydrogen) atoms. The fourth-order valence-corrected chi connectivity index (χ4v) is 2.70. The predicted molar refractivity (Wildman–Crippen MR) is 95.8 cm³/mol. The Balaban J connectivity index is 2.11. The van der Waals surface area contributed by atoms with Crippen LogP contribution in [0.25, 0.3) is 0 Å². The minimum Gasteiger partial charge on any atom is -0.480 e. The maximum absolute atomic E-state index is 12.4. The number of carboxylic acid groups (broad SMARTS) is 1. The summed E-state index contributed by atoms with van der Waals surface area (Å²) in [6, 6.07) is 3.66. The monoisotopic (exact) mass is 366 g/mol. The zero-order chi connectivity index (χ0) is 18.8. The van der Waals surface area contributed by atoms with E-state index in [1.807, 2.05) is 20.8 Å². The molecule has 1 aliphatic rings. The number of rotatable bonds is 6. The molecule has 0 radical (unpaired) electrons. The van der Waals surface area contributed by atoms with E-state index in [0.717, 1.165) is 12.8 Å². The molecule has 0 heterocycles. The highest BCUT2D eigenvalue weighted by atomic mass is 35.5. The number of hydrogen-bond donors (Lipinski definition) is 3. The average molecular weight is 367 g/mol. The minimum absolute atomic E-state index is 0.0325. The Morgan fingerprint density at radius 1 is 1.28 bits per heavy atom. The number of amides is 2. The zero-order valence-electron chi connectivity index (χ0n) is 14.6. The van der Waals surface area contributed by atoms with Gasteiger partial charge in [0.1, 0.15) is 6.04 Å². The van der Waals surface area contributed by atoms with Crippen LogP contribution in [-0.4, -0.2) is 28.9 Å². The lowest BCUT2D eigenvalue weighted by atomic mass is 9.92. The number of hydrogen-bond acceptors (Lipinski definition) is 3. The highest BCUT2D eigenvalue weighted by Crippen LogP contribution is 2.33. The van der Waals surface area contributed by atoms with Crippen molar-refractivity contribution in [2.24, 2.45) is 11.3 Å². The summed E-state index contributed by atoms with van der Waals surface area (Å²) in [5, 5.41) is 14.7. The standard InChI is InChI=1S/C18H23ClN2O4/c1-18(2,3)9-14(22)20-11-6-7-13(19)12(8-11)16(23)21-15(17(24)25)10-4-5-10/h6-8,10,15H,4-5,9H2,1-3H3,(H,20,22)(H,21,23)(H,24,25). The maximum Gasteiger partial charge on any atom is 0.326 e. The van der Waals surface area contributed by atoms with Gasteiger partial charge in [0.25, 0.3) is 5.91 Å². The fraction of sp³-hybridized carbons (Fsp3) is 0.500. The molecule has 1 aliphatic carbocycles. The number of nitrogens with one attached hydrogen (secondary N) is 2. The summed E-state index contributed by atoms with van der Waals surface area (Å²) in [5.74, 6) is -1.81. The molecule has 1 atom stereocenters. The average Bonchev–Trinajstić information content (AvgIpc) is 3.28. The van der Waals surface area contributed by atoms with Crippen LogP contribution in [0.5, 0.6) is 0 Å². The second-order valence-electron chi connectivity index (χ2n) is 7.61. The smallest absolute Gasteiger partial charge is 0.326 e. The van der Waals surface area contributed by atoms with Crippen molar-refractivity contribution in [1.29, 1.82) is 0 Å². The first-order valence-corrected chi connectivity index (χ1v) is 8.58. The minimum atomic E-state index is -1.05. The summed E-state index contributed by atoms with van der Waals surface area (Å²) in [6.45, 7) is 5.87. The van der Waals surface area contributed by atoms with Gasteiger partial charge in [-0.2, -0.15) is 0 Å². The summed E-state index contributed by atoms with van der Waals surface area (Å²) in [7, 11) is 0. The quantitative estimate of drug-likeness (QED) is 0.719. The normalized spacial score (nSPS) is 15.4. The number of aliphatic carboxylic acids is 1. The van der Waals surface area contributed by atoms with Crippen LogP contribution in [0.2, 0.25) is 5.02 Å². The molecular formula is C18H23ClN2O4. The number of carbonyl (C=O) groups excluding carboxylic acids is 2. The summed E-state index contributed by atoms with van der Waals surface area (Å²) >= 11 is 6.07. The second-order valence-corrected chi connectivity index (χ2v) is 8.01. The Bertz CT molecular complexity index is 693. The van der Waals surface area contributed by atoms with Crippen molar-refractivity contribution in [1.82, 2.24) is 5.32 Å². The Labute approximate surface area is 151 Å². The van der Waals surface area contributed by atoms with Crippen molar-refractivity contribution in [3.05, 3.63) is 28.8 Å². The molecule has 1 aromatic carbocycles. The van der Waals surface area contributed by atoms with Crippen molar-refractivity contribution in [2.75, 3.05) is 5.32 Å². The van der Waals surface area contributed by atoms with E-state index in [9.17, 15) is 19.5 Å². The van der Waals surface area contributed by atoms with Gasteiger partial charge >= 0.3 is 5.97 Å². The third-order valence-corrected chi connectivity index (χ3v) is 4.16. The van der Waals surface area contributed by atoms with Gasteiger partial charge in [-0.25, -0.2) is 4.79 Å². The molecule has 1 fully saturated rings. The summed E-state index contributed by atoms with van der Waals surface area (Å²) in [5.41, 5.74) is 0.430. The third kappa shape index (κ3) is 5.74. The maximum atomic E-state index is 12.4. The largest absolute Gasteiger partial charge is 0.480 e. The van der Waals surface area contributed by atoms with E-state index in [0.29, 0.717) is 12.1 Å². The molecule has 6 nitrogen and oxygen atoms in total. The van der Waals surface area contributed by atoms with E-state index >= 15 is 0 Å². The van der Waals surface area contributed by atoms with Crippen LogP contribution in [0.3, 0.4) is 0 Å². The molecule has 0 aromatic heterocycles. The summed E-state index contributed by atoms with van der Waals surface area (Å²) in [6.07, 6.45) is 1.90. The van der Waals surface area contributed by atoms with E-state index in [4.69, 9.17) is 11.6 Å². The van der Waals surface area contributed by atoms with Crippen LogP contribution in [-0.2, 0) is 9.59 Å². The molecule has 3 N–H and O–H groups in total. The van der Waals surface area contributed by atoms with E-state index in [1.165, 1.54) is 12.1 Å². The summed E-state index contributed by atoms with van der Waals surface area (Å²) in [4.78, 5) is 35.7. The van der Waals surface area contributed by atoms with E-state index in [2.05, 4.69) is 10.6 Å². The predicted octanol–water partition coefficient (Wildman–Crippen LogP) is 3.31. The van der Waals surface area contributed by atoms with Crippen LogP contribution in [0.1, 0.15) is 50.4 Å². The van der Waals surface area contributed by atoms with Crippen LogP contribution in [0.4, 0.5) is 5.69 Å². The van der Waals surface area contributed by atoms with Crippen molar-refractivity contribution in [2.45, 2.75) is 46.1 Å². The Morgan fingerprint density at radius 2 is 1.92 bits per heavy atom. The van der Waals surface area contributed by atoms with Crippen LogP contribution in [0.15, 0.2) is 18.2 Å². The number of carbonyl (C=O) groups is 3. The molecule has 1 aromatic rings. The van der Waals surface area contributed by atoms with E-state index < -0.39 is 17.9 Å². The fourth-order valence-electron chi connectivity index (χ4n) is 2.49. The molecule has 0 bridgehead atoms. The van der Waals surface area contributed by atoms with Crippen molar-refractivity contribution in [3.63, 3.8) is 0 Å². The number of anilines is 1. The SMILES string of the molecule is CC(C)(C)CC(=O)Nc1ccc(Cl)c(C(=O)NC(C(=O)O)C2CC2)c1. The Morgan fingerprint density at radius 3 is 2.44 bits per heavy atom. The molecule has 136 valence electrons. The van der Waals surface area contributed by atoms with Gasteiger partial charge < -0.3 is 15.7 Å². The molecule has 0 aliphatic heterocycles. The first-order chi connectivity index (χ1) is 11.6.